The number of nitrogens with one attached hydrogen (secondary N) is 1. The van der Waals surface area contributed by atoms with Crippen LogP contribution in [-0.2, 0) is 19.1 Å². The van der Waals surface area contributed by atoms with Crippen LogP contribution in [0.15, 0.2) is 29.5 Å². The Morgan fingerprint density at radius 2 is 1.97 bits per heavy atom. The number of esters is 1. The summed E-state index contributed by atoms with van der Waals surface area (Å²) in [6, 6.07) is 3.03. The van der Waals surface area contributed by atoms with E-state index in [9.17, 15) is 19.2 Å². The number of benzene rings is 1. The zero-order chi connectivity index (χ0) is 26.1. The molecule has 194 valence electrons. The summed E-state index contributed by atoms with van der Waals surface area (Å²) in [5.41, 5.74) is 1.51. The highest BCUT2D eigenvalue weighted by Crippen LogP contribution is 2.40. The van der Waals surface area contributed by atoms with Crippen LogP contribution in [0.4, 0.5) is 4.79 Å². The molecule has 3 heterocycles. The van der Waals surface area contributed by atoms with Gasteiger partial charge in [0.05, 0.1) is 36.4 Å². The number of likely N-dealkylation sites (N-methyl/N-ethyl adjacent to an activating group) is 1. The zero-order valence-electron chi connectivity index (χ0n) is 20.6. The Balaban J connectivity index is 1.58. The standard InChI is InChI=1S/C25H30Cl2N4O5/c1-4-30-19-13-31(14(3)22(32)29-10-6-7-15(12-29)24(34)36-5-2)23(33)20(19)21(28-25(30)35)17-9-8-16(26)11-18(17)27/h8-9,11,14-15,21H,4-7,10,12-13H2,1-3H3,(H,28,35)/t14-,15+,21+/m0/s1. The summed E-state index contributed by atoms with van der Waals surface area (Å²) in [6.45, 7) is 6.82. The molecule has 3 aliphatic heterocycles. The van der Waals surface area contributed by atoms with Gasteiger partial charge in [0.25, 0.3) is 5.91 Å². The lowest BCUT2D eigenvalue weighted by Crippen LogP contribution is -2.52. The molecule has 36 heavy (non-hydrogen) atoms. The number of likely N-dealkylation sites (tertiary alicyclic amines) is 1. The molecule has 1 N–H and O–H groups in total. The Bertz CT molecular complexity index is 1120. The van der Waals surface area contributed by atoms with Gasteiger partial charge < -0.3 is 19.9 Å². The van der Waals surface area contributed by atoms with Gasteiger partial charge in [0.15, 0.2) is 0 Å². The number of carbonyl (C=O) groups is 4. The summed E-state index contributed by atoms with van der Waals surface area (Å²) in [4.78, 5) is 57.0. The second kappa shape index (κ2) is 10.7. The maximum atomic E-state index is 13.7. The van der Waals surface area contributed by atoms with Gasteiger partial charge in [0.2, 0.25) is 5.91 Å². The number of rotatable bonds is 6. The molecule has 4 rings (SSSR count). The number of halogens is 2. The monoisotopic (exact) mass is 536 g/mol. The van der Waals surface area contributed by atoms with Crippen molar-refractivity contribution in [3.63, 3.8) is 0 Å². The van der Waals surface area contributed by atoms with E-state index in [4.69, 9.17) is 27.9 Å². The number of hydrogen-bond acceptors (Lipinski definition) is 5. The second-order valence-electron chi connectivity index (χ2n) is 9.14. The smallest absolute Gasteiger partial charge is 0.322 e. The van der Waals surface area contributed by atoms with E-state index in [-0.39, 0.29) is 42.8 Å². The molecule has 0 saturated carbocycles. The van der Waals surface area contributed by atoms with Crippen LogP contribution in [-0.4, -0.2) is 77.3 Å². The number of nitrogens with zero attached hydrogens (tertiary/aromatic N) is 3. The largest absolute Gasteiger partial charge is 0.466 e. The third-order valence-electron chi connectivity index (χ3n) is 7.02. The molecule has 1 saturated heterocycles. The number of ether oxygens (including phenoxy) is 1. The third kappa shape index (κ3) is 4.78. The summed E-state index contributed by atoms with van der Waals surface area (Å²) in [5, 5.41) is 3.66. The Hall–Kier alpha value is -2.78. The first-order valence-corrected chi connectivity index (χ1v) is 13.0. The van der Waals surface area contributed by atoms with Crippen molar-refractivity contribution in [1.29, 1.82) is 0 Å². The Morgan fingerprint density at radius 3 is 2.64 bits per heavy atom. The fourth-order valence-electron chi connectivity index (χ4n) is 5.16. The summed E-state index contributed by atoms with van der Waals surface area (Å²) in [7, 11) is 0. The van der Waals surface area contributed by atoms with E-state index in [0.29, 0.717) is 59.4 Å². The van der Waals surface area contributed by atoms with E-state index in [2.05, 4.69) is 5.32 Å². The topological polar surface area (TPSA) is 99.3 Å². The highest BCUT2D eigenvalue weighted by molar-refractivity contribution is 6.35. The molecule has 11 heteroatoms. The normalized spacial score (nSPS) is 23.0. The van der Waals surface area contributed by atoms with Crippen molar-refractivity contribution in [3.8, 4) is 0 Å². The predicted octanol–water partition coefficient (Wildman–Crippen LogP) is 3.37. The number of amides is 4. The molecule has 0 aromatic heterocycles. The van der Waals surface area contributed by atoms with Crippen molar-refractivity contribution >= 4 is 47.0 Å². The summed E-state index contributed by atoms with van der Waals surface area (Å²) in [5.74, 6) is -1.24. The van der Waals surface area contributed by atoms with Gasteiger partial charge >= 0.3 is 12.0 Å². The SMILES string of the molecule is CCOC(=O)[C@@H]1CCCN(C(=O)[C@H](C)N2CC3=C(C2=O)[C@@H](c2ccc(Cl)cc2Cl)NC(=O)N3CC)C1. The van der Waals surface area contributed by atoms with Crippen LogP contribution in [0.5, 0.6) is 0 Å². The van der Waals surface area contributed by atoms with Gasteiger partial charge in [-0.2, -0.15) is 0 Å². The molecule has 0 unspecified atom stereocenters. The fourth-order valence-corrected chi connectivity index (χ4v) is 5.67. The van der Waals surface area contributed by atoms with Gasteiger partial charge in [-0.05, 0) is 51.3 Å². The Morgan fingerprint density at radius 1 is 1.22 bits per heavy atom. The predicted molar refractivity (Wildman–Crippen MR) is 134 cm³/mol. The van der Waals surface area contributed by atoms with Crippen molar-refractivity contribution in [2.24, 2.45) is 5.92 Å². The van der Waals surface area contributed by atoms with E-state index in [1.165, 1.54) is 9.80 Å². The van der Waals surface area contributed by atoms with Crippen molar-refractivity contribution in [1.82, 2.24) is 20.0 Å². The minimum absolute atomic E-state index is 0.124. The summed E-state index contributed by atoms with van der Waals surface area (Å²) < 4.78 is 5.14. The van der Waals surface area contributed by atoms with Crippen molar-refractivity contribution in [2.45, 2.75) is 45.7 Å². The quantitative estimate of drug-likeness (QED) is 0.562. The summed E-state index contributed by atoms with van der Waals surface area (Å²) in [6.07, 6.45) is 1.35. The molecule has 4 amide bonds. The first-order chi connectivity index (χ1) is 17.2. The maximum absolute atomic E-state index is 13.7. The number of piperidine rings is 1. The highest BCUT2D eigenvalue weighted by Gasteiger charge is 2.47. The molecule has 1 fully saturated rings. The molecule has 0 radical (unpaired) electrons. The molecule has 3 atom stereocenters. The highest BCUT2D eigenvalue weighted by atomic mass is 35.5. The zero-order valence-corrected chi connectivity index (χ0v) is 22.1. The van der Waals surface area contributed by atoms with Crippen LogP contribution >= 0.6 is 23.2 Å². The van der Waals surface area contributed by atoms with Gasteiger partial charge in [0.1, 0.15) is 6.04 Å². The molecule has 0 spiro atoms. The molecule has 0 bridgehead atoms. The Kier molecular flexibility index (Phi) is 7.80. The molecule has 1 aromatic rings. The number of urea groups is 1. The van der Waals surface area contributed by atoms with Crippen LogP contribution in [0.1, 0.15) is 45.2 Å². The van der Waals surface area contributed by atoms with Crippen LogP contribution in [0, 0.1) is 5.92 Å². The molecule has 3 aliphatic rings. The van der Waals surface area contributed by atoms with Crippen LogP contribution in [0.3, 0.4) is 0 Å². The Labute approximate surface area is 220 Å². The number of hydrogen-bond donors (Lipinski definition) is 1. The second-order valence-corrected chi connectivity index (χ2v) is 9.98. The van der Waals surface area contributed by atoms with Gasteiger partial charge in [-0.1, -0.05) is 29.3 Å². The lowest BCUT2D eigenvalue weighted by atomic mass is 9.95. The van der Waals surface area contributed by atoms with Crippen molar-refractivity contribution < 1.29 is 23.9 Å². The number of carbonyl (C=O) groups excluding carboxylic acids is 4. The summed E-state index contributed by atoms with van der Waals surface area (Å²) >= 11 is 12.5. The lowest BCUT2D eigenvalue weighted by molar-refractivity contribution is -0.153. The molecule has 9 nitrogen and oxygen atoms in total. The van der Waals surface area contributed by atoms with Crippen LogP contribution in [0.2, 0.25) is 10.0 Å². The van der Waals surface area contributed by atoms with E-state index < -0.39 is 12.1 Å². The van der Waals surface area contributed by atoms with Gasteiger partial charge in [0, 0.05) is 29.7 Å². The van der Waals surface area contributed by atoms with E-state index in [1.807, 2.05) is 6.92 Å². The average molecular weight is 537 g/mol. The molecular formula is C25H30Cl2N4O5. The molecular weight excluding hydrogens is 507 g/mol. The molecule has 0 aliphatic carbocycles. The minimum Gasteiger partial charge on any atom is -0.466 e. The van der Waals surface area contributed by atoms with Gasteiger partial charge in [-0.15, -0.1) is 0 Å². The molecule has 1 aromatic carbocycles. The van der Waals surface area contributed by atoms with E-state index in [0.717, 1.165) is 0 Å². The average Bonchev–Trinajstić information content (AvgIpc) is 3.20. The van der Waals surface area contributed by atoms with Gasteiger partial charge in [-0.3, -0.25) is 19.3 Å². The first-order valence-electron chi connectivity index (χ1n) is 12.2. The lowest BCUT2D eigenvalue weighted by Gasteiger charge is -2.35. The van der Waals surface area contributed by atoms with E-state index >= 15 is 0 Å². The fraction of sp³-hybridized carbons (Fsp3) is 0.520. The minimum atomic E-state index is -0.779. The van der Waals surface area contributed by atoms with Crippen LogP contribution in [0.25, 0.3) is 0 Å². The van der Waals surface area contributed by atoms with Gasteiger partial charge in [-0.25, -0.2) is 4.79 Å². The van der Waals surface area contributed by atoms with Crippen LogP contribution < -0.4 is 5.32 Å². The third-order valence-corrected chi connectivity index (χ3v) is 7.58. The van der Waals surface area contributed by atoms with Crippen molar-refractivity contribution in [3.05, 3.63) is 45.1 Å². The van der Waals surface area contributed by atoms with Crippen molar-refractivity contribution in [2.75, 3.05) is 32.8 Å². The first kappa shape index (κ1) is 26.3. The van der Waals surface area contributed by atoms with E-state index in [1.54, 1.807) is 36.9 Å². The maximum Gasteiger partial charge on any atom is 0.322 e.